The van der Waals surface area contributed by atoms with Crippen molar-refractivity contribution in [2.75, 3.05) is 13.2 Å². The Morgan fingerprint density at radius 2 is 1.80 bits per heavy atom. The van der Waals surface area contributed by atoms with Crippen molar-refractivity contribution in [1.82, 2.24) is 0 Å². The van der Waals surface area contributed by atoms with Crippen molar-refractivity contribution >= 4 is 0 Å². The first-order valence-electron chi connectivity index (χ1n) is 7.04. The van der Waals surface area contributed by atoms with Crippen LogP contribution in [0.3, 0.4) is 0 Å². The van der Waals surface area contributed by atoms with Gasteiger partial charge in [0, 0.05) is 12.0 Å². The van der Waals surface area contributed by atoms with Crippen molar-refractivity contribution in [1.29, 1.82) is 0 Å². The minimum Gasteiger partial charge on any atom is -0.396 e. The summed E-state index contributed by atoms with van der Waals surface area (Å²) in [4.78, 5) is 0. The molecule has 0 heterocycles. The fourth-order valence-corrected chi connectivity index (χ4v) is 1.95. The molecule has 4 nitrogen and oxygen atoms in total. The topological polar surface area (TPSA) is 69.9 Å². The van der Waals surface area contributed by atoms with Gasteiger partial charge < -0.3 is 20.1 Å². The highest BCUT2D eigenvalue weighted by Crippen LogP contribution is 2.25. The predicted octanol–water partition coefficient (Wildman–Crippen LogP) is 1.72. The molecule has 0 unspecified atom stereocenters. The normalized spacial score (nSPS) is 15.1. The standard InChI is InChI=1S/C16H26O4/c1-16(2,15(19)10-14(18)8-9-17)12-20-11-13-6-4-3-5-7-13/h3-7,14-15,17-19H,8-12H2,1-2H3/t14-,15+/m1/s1. The van der Waals surface area contributed by atoms with Gasteiger partial charge in [-0.15, -0.1) is 0 Å². The first-order valence-corrected chi connectivity index (χ1v) is 7.04. The summed E-state index contributed by atoms with van der Waals surface area (Å²) in [5.74, 6) is 0. The molecule has 0 saturated heterocycles. The molecule has 0 aromatic heterocycles. The van der Waals surface area contributed by atoms with Crippen LogP contribution in [-0.2, 0) is 11.3 Å². The van der Waals surface area contributed by atoms with Crippen LogP contribution in [-0.4, -0.2) is 40.7 Å². The molecule has 0 saturated carbocycles. The molecule has 0 aliphatic rings. The van der Waals surface area contributed by atoms with E-state index in [0.29, 0.717) is 13.2 Å². The van der Waals surface area contributed by atoms with Crippen LogP contribution in [0.1, 0.15) is 32.3 Å². The molecule has 0 aliphatic carbocycles. The van der Waals surface area contributed by atoms with Crippen molar-refractivity contribution in [3.05, 3.63) is 35.9 Å². The zero-order valence-electron chi connectivity index (χ0n) is 12.3. The third-order valence-electron chi connectivity index (χ3n) is 3.45. The van der Waals surface area contributed by atoms with E-state index in [1.807, 2.05) is 44.2 Å². The maximum absolute atomic E-state index is 10.1. The summed E-state index contributed by atoms with van der Waals surface area (Å²) in [6.07, 6.45) is -0.802. The van der Waals surface area contributed by atoms with Gasteiger partial charge in [-0.1, -0.05) is 44.2 Å². The summed E-state index contributed by atoms with van der Waals surface area (Å²) in [5.41, 5.74) is 0.656. The van der Waals surface area contributed by atoms with Crippen molar-refractivity contribution < 1.29 is 20.1 Å². The molecule has 1 aromatic carbocycles. The molecule has 3 N–H and O–H groups in total. The first kappa shape index (κ1) is 17.1. The zero-order chi connectivity index (χ0) is 15.0. The molecule has 0 bridgehead atoms. The van der Waals surface area contributed by atoms with E-state index in [4.69, 9.17) is 9.84 Å². The average Bonchev–Trinajstić information content (AvgIpc) is 2.40. The summed E-state index contributed by atoms with van der Waals surface area (Å²) in [6, 6.07) is 9.87. The van der Waals surface area contributed by atoms with Gasteiger partial charge >= 0.3 is 0 Å². The Kier molecular flexibility index (Phi) is 7.16. The molecule has 0 radical (unpaired) electrons. The second-order valence-electron chi connectivity index (χ2n) is 5.88. The van der Waals surface area contributed by atoms with E-state index >= 15 is 0 Å². The van der Waals surface area contributed by atoms with Gasteiger partial charge in [0.25, 0.3) is 0 Å². The van der Waals surface area contributed by atoms with Crippen molar-refractivity contribution in [3.63, 3.8) is 0 Å². The van der Waals surface area contributed by atoms with Crippen LogP contribution in [0.15, 0.2) is 30.3 Å². The molecule has 1 rings (SSSR count). The van der Waals surface area contributed by atoms with Crippen LogP contribution >= 0.6 is 0 Å². The third kappa shape index (κ3) is 6.01. The van der Waals surface area contributed by atoms with Crippen molar-refractivity contribution in [3.8, 4) is 0 Å². The Balaban J connectivity index is 2.36. The van der Waals surface area contributed by atoms with Crippen LogP contribution < -0.4 is 0 Å². The Labute approximate surface area is 121 Å². The van der Waals surface area contributed by atoms with Crippen LogP contribution in [0.4, 0.5) is 0 Å². The minimum atomic E-state index is -0.677. The largest absolute Gasteiger partial charge is 0.396 e. The number of hydrogen-bond acceptors (Lipinski definition) is 4. The van der Waals surface area contributed by atoms with E-state index in [0.717, 1.165) is 5.56 Å². The van der Waals surface area contributed by atoms with E-state index in [-0.39, 0.29) is 19.4 Å². The minimum absolute atomic E-state index is 0.0706. The highest BCUT2D eigenvalue weighted by molar-refractivity contribution is 5.13. The fraction of sp³-hybridized carbons (Fsp3) is 0.625. The first-order chi connectivity index (χ1) is 9.45. The maximum Gasteiger partial charge on any atom is 0.0717 e. The zero-order valence-corrected chi connectivity index (χ0v) is 12.3. The highest BCUT2D eigenvalue weighted by Gasteiger charge is 2.29. The lowest BCUT2D eigenvalue weighted by molar-refractivity contribution is -0.0506. The predicted molar refractivity (Wildman–Crippen MR) is 78.2 cm³/mol. The summed E-state index contributed by atoms with van der Waals surface area (Å²) in [6.45, 7) is 4.67. The molecule has 114 valence electrons. The summed E-state index contributed by atoms with van der Waals surface area (Å²) >= 11 is 0. The van der Waals surface area contributed by atoms with E-state index in [9.17, 15) is 10.2 Å². The average molecular weight is 282 g/mol. The number of hydrogen-bond donors (Lipinski definition) is 3. The molecule has 0 fully saturated rings. The Hall–Kier alpha value is -0.940. The van der Waals surface area contributed by atoms with E-state index in [1.165, 1.54) is 0 Å². The molecular formula is C16H26O4. The molecule has 0 amide bonds. The number of aliphatic hydroxyl groups excluding tert-OH is 3. The van der Waals surface area contributed by atoms with Crippen LogP contribution in [0, 0.1) is 5.41 Å². The van der Waals surface area contributed by atoms with Gasteiger partial charge in [0.1, 0.15) is 0 Å². The second kappa shape index (κ2) is 8.37. The number of aliphatic hydroxyl groups is 3. The number of benzene rings is 1. The van der Waals surface area contributed by atoms with Gasteiger partial charge in [-0.25, -0.2) is 0 Å². The smallest absolute Gasteiger partial charge is 0.0717 e. The Morgan fingerprint density at radius 1 is 1.15 bits per heavy atom. The highest BCUT2D eigenvalue weighted by atomic mass is 16.5. The monoisotopic (exact) mass is 282 g/mol. The molecular weight excluding hydrogens is 256 g/mol. The third-order valence-corrected chi connectivity index (χ3v) is 3.45. The molecule has 4 heteroatoms. The van der Waals surface area contributed by atoms with Gasteiger partial charge in [-0.05, 0) is 18.4 Å². The van der Waals surface area contributed by atoms with Crippen LogP contribution in [0.5, 0.6) is 0 Å². The maximum atomic E-state index is 10.1. The van der Waals surface area contributed by atoms with Gasteiger partial charge in [0.2, 0.25) is 0 Å². The van der Waals surface area contributed by atoms with Crippen molar-refractivity contribution in [2.24, 2.45) is 5.41 Å². The molecule has 20 heavy (non-hydrogen) atoms. The van der Waals surface area contributed by atoms with Crippen LogP contribution in [0.2, 0.25) is 0 Å². The van der Waals surface area contributed by atoms with Gasteiger partial charge in [-0.2, -0.15) is 0 Å². The second-order valence-corrected chi connectivity index (χ2v) is 5.88. The van der Waals surface area contributed by atoms with Gasteiger partial charge in [-0.3, -0.25) is 0 Å². The Morgan fingerprint density at radius 3 is 2.40 bits per heavy atom. The summed E-state index contributed by atoms with van der Waals surface area (Å²) < 4.78 is 5.66. The number of rotatable bonds is 9. The fourth-order valence-electron chi connectivity index (χ4n) is 1.95. The quantitative estimate of drug-likeness (QED) is 0.645. The van der Waals surface area contributed by atoms with Gasteiger partial charge in [0.05, 0.1) is 25.4 Å². The lowest BCUT2D eigenvalue weighted by Crippen LogP contribution is -2.36. The van der Waals surface area contributed by atoms with E-state index in [1.54, 1.807) is 0 Å². The Bertz CT molecular complexity index is 364. The van der Waals surface area contributed by atoms with Crippen molar-refractivity contribution in [2.45, 2.75) is 45.5 Å². The lowest BCUT2D eigenvalue weighted by Gasteiger charge is -2.31. The number of ether oxygens (including phenoxy) is 1. The summed E-state index contributed by atoms with van der Waals surface area (Å²) in [5, 5.41) is 28.5. The van der Waals surface area contributed by atoms with E-state index < -0.39 is 17.6 Å². The molecule has 1 aromatic rings. The molecule has 0 aliphatic heterocycles. The SMILES string of the molecule is CC(C)(COCc1ccccc1)[C@@H](O)C[C@H](O)CCO. The molecule has 0 spiro atoms. The van der Waals surface area contributed by atoms with Gasteiger partial charge in [0.15, 0.2) is 0 Å². The van der Waals surface area contributed by atoms with E-state index in [2.05, 4.69) is 0 Å². The lowest BCUT2D eigenvalue weighted by atomic mass is 9.84. The summed E-state index contributed by atoms with van der Waals surface area (Å²) in [7, 11) is 0. The molecule has 2 atom stereocenters. The van der Waals surface area contributed by atoms with Crippen LogP contribution in [0.25, 0.3) is 0 Å².